The van der Waals surface area contributed by atoms with Crippen molar-refractivity contribution in [3.05, 3.63) is 71.9 Å². The lowest BCUT2D eigenvalue weighted by atomic mass is 9.89. The fraction of sp³-hybridized carbons (Fsp3) is 0.400. The second kappa shape index (κ2) is 8.25. The fourth-order valence-corrected chi connectivity index (χ4v) is 4.84. The van der Waals surface area contributed by atoms with Crippen LogP contribution in [0.15, 0.2) is 60.8 Å². The van der Waals surface area contributed by atoms with Crippen LogP contribution in [0, 0.1) is 0 Å². The normalized spacial score (nSPS) is 19.6. The predicted molar refractivity (Wildman–Crippen MR) is 118 cm³/mol. The summed E-state index contributed by atoms with van der Waals surface area (Å²) in [6.07, 6.45) is 5.17. The van der Waals surface area contributed by atoms with Crippen LogP contribution in [0.25, 0.3) is 10.9 Å². The van der Waals surface area contributed by atoms with Crippen LogP contribution >= 0.6 is 0 Å². The van der Waals surface area contributed by atoms with E-state index in [1.807, 2.05) is 23.1 Å². The quantitative estimate of drug-likeness (QED) is 0.708. The molecule has 1 aromatic heterocycles. The molecule has 3 heterocycles. The smallest absolute Gasteiger partial charge is 0.248 e. The van der Waals surface area contributed by atoms with Crippen molar-refractivity contribution in [2.24, 2.45) is 0 Å². The van der Waals surface area contributed by atoms with E-state index in [0.717, 1.165) is 38.9 Å². The van der Waals surface area contributed by atoms with Gasteiger partial charge in [0.2, 0.25) is 5.91 Å². The zero-order valence-corrected chi connectivity index (χ0v) is 17.3. The number of nitrogens with one attached hydrogen (secondary N) is 1. The average Bonchev–Trinajstić information content (AvgIpc) is 3.20. The zero-order valence-electron chi connectivity index (χ0n) is 17.3. The van der Waals surface area contributed by atoms with Crippen molar-refractivity contribution in [3.8, 4) is 0 Å². The summed E-state index contributed by atoms with van der Waals surface area (Å²) in [6, 6.07) is 18.7. The predicted octanol–water partition coefficient (Wildman–Crippen LogP) is 3.60. The molecule has 2 aliphatic rings. The molecular formula is C25H29N3O2. The number of nitrogens with zero attached hydrogens (tertiary/aromatic N) is 2. The first-order valence-electron chi connectivity index (χ1n) is 10.9. The van der Waals surface area contributed by atoms with Gasteiger partial charge in [0, 0.05) is 43.3 Å². The number of ether oxygens (including phenoxy) is 1. The number of fused-ring (bicyclic) bond motifs is 1. The molecule has 30 heavy (non-hydrogen) atoms. The number of aromatic nitrogens is 1. The molecule has 2 fully saturated rings. The number of hydrogen-bond acceptors (Lipinski definition) is 3. The van der Waals surface area contributed by atoms with Crippen LogP contribution in [0.2, 0.25) is 0 Å². The minimum atomic E-state index is -0.181. The van der Waals surface area contributed by atoms with E-state index >= 15 is 0 Å². The van der Waals surface area contributed by atoms with Gasteiger partial charge in [-0.15, -0.1) is 0 Å². The summed E-state index contributed by atoms with van der Waals surface area (Å²) in [5.41, 5.74) is 3.60. The number of carbonyl (C=O) groups is 1. The zero-order chi connectivity index (χ0) is 20.4. The maximum Gasteiger partial charge on any atom is 0.248 e. The van der Waals surface area contributed by atoms with Crippen molar-refractivity contribution in [1.82, 2.24) is 14.8 Å². The highest BCUT2D eigenvalue weighted by atomic mass is 16.5. The van der Waals surface area contributed by atoms with E-state index in [9.17, 15) is 4.79 Å². The standard InChI is InChI=1S/C25H29N3O2/c29-24-18-30-25(19-28(24)17-20-6-2-1-3-7-20)11-14-27(15-12-25)13-10-21-16-26-23-9-5-4-8-22(21)23/h1-9,16,26H,10-15,17-19H2. The number of hydrogen-bond donors (Lipinski definition) is 1. The molecule has 5 rings (SSSR count). The van der Waals surface area contributed by atoms with Gasteiger partial charge in [0.15, 0.2) is 0 Å². The Labute approximate surface area is 177 Å². The molecular weight excluding hydrogens is 374 g/mol. The Morgan fingerprint density at radius 3 is 2.60 bits per heavy atom. The molecule has 0 radical (unpaired) electrons. The summed E-state index contributed by atoms with van der Waals surface area (Å²) in [5.74, 6) is 0.103. The highest BCUT2D eigenvalue weighted by molar-refractivity contribution is 5.83. The Bertz CT molecular complexity index is 1010. The highest BCUT2D eigenvalue weighted by Crippen LogP contribution is 2.31. The van der Waals surface area contributed by atoms with Crippen LogP contribution in [0.3, 0.4) is 0 Å². The Balaban J connectivity index is 1.17. The topological polar surface area (TPSA) is 48.6 Å². The summed E-state index contributed by atoms with van der Waals surface area (Å²) >= 11 is 0. The molecule has 2 aliphatic heterocycles. The van der Waals surface area contributed by atoms with Gasteiger partial charge < -0.3 is 19.5 Å². The number of amides is 1. The largest absolute Gasteiger partial charge is 0.363 e. The first-order valence-corrected chi connectivity index (χ1v) is 10.9. The van der Waals surface area contributed by atoms with Gasteiger partial charge in [-0.3, -0.25) is 4.79 Å². The van der Waals surface area contributed by atoms with E-state index in [-0.39, 0.29) is 18.1 Å². The van der Waals surface area contributed by atoms with Gasteiger partial charge in [0.05, 0.1) is 12.1 Å². The van der Waals surface area contributed by atoms with Gasteiger partial charge in [-0.05, 0) is 36.5 Å². The lowest BCUT2D eigenvalue weighted by Crippen LogP contribution is -2.58. The minimum absolute atomic E-state index is 0.103. The van der Waals surface area contributed by atoms with Gasteiger partial charge in [0.25, 0.3) is 0 Å². The van der Waals surface area contributed by atoms with Crippen LogP contribution in [-0.2, 0) is 22.5 Å². The second-order valence-corrected chi connectivity index (χ2v) is 8.66. The number of aromatic amines is 1. The van der Waals surface area contributed by atoms with Gasteiger partial charge in [-0.2, -0.15) is 0 Å². The molecule has 0 saturated carbocycles. The maximum atomic E-state index is 12.4. The molecule has 1 N–H and O–H groups in total. The SMILES string of the molecule is O=C1COC2(CCN(CCc3c[nH]c4ccccc34)CC2)CN1Cc1ccccc1. The molecule has 0 atom stereocenters. The summed E-state index contributed by atoms with van der Waals surface area (Å²) in [6.45, 7) is 4.70. The third kappa shape index (κ3) is 4.00. The van der Waals surface area contributed by atoms with Crippen molar-refractivity contribution in [2.75, 3.05) is 32.8 Å². The van der Waals surface area contributed by atoms with E-state index < -0.39 is 0 Å². The number of piperidine rings is 1. The third-order valence-electron chi connectivity index (χ3n) is 6.69. The van der Waals surface area contributed by atoms with E-state index in [4.69, 9.17) is 4.74 Å². The molecule has 0 aliphatic carbocycles. The molecule has 156 valence electrons. The summed E-state index contributed by atoms with van der Waals surface area (Å²) < 4.78 is 6.12. The van der Waals surface area contributed by atoms with E-state index in [2.05, 4.69) is 52.5 Å². The molecule has 5 heteroatoms. The van der Waals surface area contributed by atoms with Crippen molar-refractivity contribution in [1.29, 1.82) is 0 Å². The third-order valence-corrected chi connectivity index (χ3v) is 6.69. The van der Waals surface area contributed by atoms with Crippen LogP contribution in [0.5, 0.6) is 0 Å². The lowest BCUT2D eigenvalue weighted by Gasteiger charge is -2.47. The summed E-state index contributed by atoms with van der Waals surface area (Å²) in [4.78, 5) is 20.3. The summed E-state index contributed by atoms with van der Waals surface area (Å²) in [7, 11) is 0. The Morgan fingerprint density at radius 2 is 1.77 bits per heavy atom. The molecule has 2 saturated heterocycles. The summed E-state index contributed by atoms with van der Waals surface area (Å²) in [5, 5.41) is 1.33. The Kier molecular flexibility index (Phi) is 5.32. The van der Waals surface area contributed by atoms with Gasteiger partial charge in [0.1, 0.15) is 6.61 Å². The molecule has 2 aromatic carbocycles. The second-order valence-electron chi connectivity index (χ2n) is 8.66. The maximum absolute atomic E-state index is 12.4. The van der Waals surface area contributed by atoms with Crippen LogP contribution in [-0.4, -0.2) is 59.1 Å². The first-order chi connectivity index (χ1) is 14.7. The number of benzene rings is 2. The minimum Gasteiger partial charge on any atom is -0.363 e. The van der Waals surface area contributed by atoms with Crippen molar-refractivity contribution in [2.45, 2.75) is 31.4 Å². The number of likely N-dealkylation sites (tertiary alicyclic amines) is 1. The number of morpholine rings is 1. The molecule has 0 unspecified atom stereocenters. The number of para-hydroxylation sites is 1. The van der Waals surface area contributed by atoms with Gasteiger partial charge >= 0.3 is 0 Å². The Morgan fingerprint density at radius 1 is 1.00 bits per heavy atom. The molecule has 3 aromatic rings. The van der Waals surface area contributed by atoms with Gasteiger partial charge in [-0.25, -0.2) is 0 Å². The highest BCUT2D eigenvalue weighted by Gasteiger charge is 2.42. The lowest BCUT2D eigenvalue weighted by molar-refractivity contribution is -0.172. The first kappa shape index (κ1) is 19.3. The van der Waals surface area contributed by atoms with Crippen LogP contribution < -0.4 is 0 Å². The number of rotatable bonds is 5. The van der Waals surface area contributed by atoms with Crippen LogP contribution in [0.4, 0.5) is 0 Å². The van der Waals surface area contributed by atoms with Crippen molar-refractivity contribution in [3.63, 3.8) is 0 Å². The number of H-pyrrole nitrogens is 1. The molecule has 5 nitrogen and oxygen atoms in total. The van der Waals surface area contributed by atoms with E-state index in [1.54, 1.807) is 0 Å². The monoisotopic (exact) mass is 403 g/mol. The average molecular weight is 404 g/mol. The van der Waals surface area contributed by atoms with Crippen molar-refractivity contribution < 1.29 is 9.53 Å². The van der Waals surface area contributed by atoms with Crippen LogP contribution in [0.1, 0.15) is 24.0 Å². The van der Waals surface area contributed by atoms with Crippen molar-refractivity contribution >= 4 is 16.8 Å². The fourth-order valence-electron chi connectivity index (χ4n) is 4.84. The molecule has 0 bridgehead atoms. The molecule has 1 amide bonds. The van der Waals surface area contributed by atoms with E-state index in [1.165, 1.54) is 22.0 Å². The Hall–Kier alpha value is -2.63. The van der Waals surface area contributed by atoms with E-state index in [0.29, 0.717) is 13.1 Å². The number of carbonyl (C=O) groups excluding carboxylic acids is 1. The molecule has 1 spiro atoms. The van der Waals surface area contributed by atoms with Gasteiger partial charge in [-0.1, -0.05) is 48.5 Å².